The van der Waals surface area contributed by atoms with Crippen molar-refractivity contribution >= 4 is 40.9 Å². The van der Waals surface area contributed by atoms with Gasteiger partial charge in [-0.3, -0.25) is 9.59 Å². The molecule has 17 heavy (non-hydrogen) atoms. The van der Waals surface area contributed by atoms with Crippen LogP contribution in [0.5, 0.6) is 0 Å². The highest BCUT2D eigenvalue weighted by molar-refractivity contribution is 8.00. The zero-order valence-electron chi connectivity index (χ0n) is 8.57. The van der Waals surface area contributed by atoms with Crippen molar-refractivity contribution in [3.63, 3.8) is 0 Å². The van der Waals surface area contributed by atoms with Crippen molar-refractivity contribution in [3.05, 3.63) is 29.0 Å². The Hall–Kier alpha value is -1.27. The van der Waals surface area contributed by atoms with Crippen LogP contribution in [0, 0.1) is 5.82 Å². The summed E-state index contributed by atoms with van der Waals surface area (Å²) in [4.78, 5) is 21.6. The molecule has 1 amide bonds. The van der Waals surface area contributed by atoms with E-state index >= 15 is 0 Å². The summed E-state index contributed by atoms with van der Waals surface area (Å²) in [6, 6.07) is 4.04. The smallest absolute Gasteiger partial charge is 0.313 e. The van der Waals surface area contributed by atoms with E-state index in [1.54, 1.807) is 0 Å². The number of halogens is 2. The van der Waals surface area contributed by atoms with Crippen molar-refractivity contribution in [2.24, 2.45) is 0 Å². The Morgan fingerprint density at radius 1 is 1.41 bits per heavy atom. The first-order valence-electron chi connectivity index (χ1n) is 4.54. The molecule has 1 aromatic rings. The molecule has 4 nitrogen and oxygen atoms in total. The van der Waals surface area contributed by atoms with Crippen molar-refractivity contribution in [3.8, 4) is 0 Å². The Kier molecular flexibility index (Phi) is 5.24. The predicted molar refractivity (Wildman–Crippen MR) is 65.0 cm³/mol. The first kappa shape index (κ1) is 13.8. The predicted octanol–water partition coefficient (Wildman–Crippen LogP) is 2.24. The van der Waals surface area contributed by atoms with E-state index in [-0.39, 0.29) is 22.2 Å². The molecule has 1 rings (SSSR count). The quantitative estimate of drug-likeness (QED) is 0.866. The lowest BCUT2D eigenvalue weighted by atomic mass is 10.3. The second-order valence-electron chi connectivity index (χ2n) is 3.03. The Labute approximate surface area is 106 Å². The molecule has 0 aliphatic carbocycles. The van der Waals surface area contributed by atoms with Gasteiger partial charge in [0, 0.05) is 0 Å². The number of benzene rings is 1. The average Bonchev–Trinajstić information content (AvgIpc) is 2.23. The SMILES string of the molecule is O=C(O)CSCC(=O)Nc1c(F)cccc1Cl. The summed E-state index contributed by atoms with van der Waals surface area (Å²) in [5, 5.41) is 10.8. The van der Waals surface area contributed by atoms with Crippen molar-refractivity contribution in [1.82, 2.24) is 0 Å². The number of carbonyl (C=O) groups is 2. The van der Waals surface area contributed by atoms with Crippen molar-refractivity contribution < 1.29 is 19.1 Å². The highest BCUT2D eigenvalue weighted by Crippen LogP contribution is 2.24. The standard InChI is InChI=1S/C10H9ClFNO3S/c11-6-2-1-3-7(12)10(6)13-8(14)4-17-5-9(15)16/h1-3H,4-5H2,(H,13,14)(H,15,16). The number of carboxylic acids is 1. The van der Waals surface area contributed by atoms with Crippen molar-refractivity contribution in [1.29, 1.82) is 0 Å². The Bertz CT molecular complexity index is 421. The monoisotopic (exact) mass is 277 g/mol. The summed E-state index contributed by atoms with van der Waals surface area (Å²) in [6.45, 7) is 0. The molecule has 0 saturated heterocycles. The van der Waals surface area contributed by atoms with Crippen LogP contribution in [0.25, 0.3) is 0 Å². The van der Waals surface area contributed by atoms with E-state index in [0.717, 1.165) is 11.8 Å². The van der Waals surface area contributed by atoms with Crippen LogP contribution in [-0.2, 0) is 9.59 Å². The van der Waals surface area contributed by atoms with E-state index in [4.69, 9.17) is 16.7 Å². The second-order valence-corrected chi connectivity index (χ2v) is 4.42. The molecule has 0 fully saturated rings. The number of nitrogens with one attached hydrogen (secondary N) is 1. The van der Waals surface area contributed by atoms with Crippen LogP contribution < -0.4 is 5.32 Å². The number of para-hydroxylation sites is 1. The molecule has 0 atom stereocenters. The molecule has 0 saturated carbocycles. The highest BCUT2D eigenvalue weighted by Gasteiger charge is 2.11. The van der Waals surface area contributed by atoms with Crippen LogP contribution in [0.3, 0.4) is 0 Å². The number of hydrogen-bond acceptors (Lipinski definition) is 3. The Balaban J connectivity index is 2.53. The van der Waals surface area contributed by atoms with Gasteiger partial charge in [0.2, 0.25) is 5.91 Å². The van der Waals surface area contributed by atoms with Gasteiger partial charge >= 0.3 is 5.97 Å². The minimum atomic E-state index is -1.01. The lowest BCUT2D eigenvalue weighted by Crippen LogP contribution is -2.16. The Morgan fingerprint density at radius 3 is 2.71 bits per heavy atom. The summed E-state index contributed by atoms with van der Waals surface area (Å²) >= 11 is 6.63. The number of carbonyl (C=O) groups excluding carboxylic acids is 1. The number of carboxylic acid groups (broad SMARTS) is 1. The molecule has 7 heteroatoms. The number of amides is 1. The van der Waals surface area contributed by atoms with Gasteiger partial charge in [-0.2, -0.15) is 0 Å². The van der Waals surface area contributed by atoms with E-state index in [0.29, 0.717) is 0 Å². The van der Waals surface area contributed by atoms with E-state index in [2.05, 4.69) is 5.32 Å². The minimum absolute atomic E-state index is 0.0725. The average molecular weight is 278 g/mol. The zero-order chi connectivity index (χ0) is 12.8. The molecule has 0 aliphatic heterocycles. The first-order chi connectivity index (χ1) is 8.00. The molecule has 1 aromatic carbocycles. The van der Waals surface area contributed by atoms with Crippen molar-refractivity contribution in [2.45, 2.75) is 0 Å². The summed E-state index contributed by atoms with van der Waals surface area (Å²) < 4.78 is 13.3. The number of hydrogen-bond donors (Lipinski definition) is 2. The third-order valence-electron chi connectivity index (χ3n) is 1.69. The topological polar surface area (TPSA) is 66.4 Å². The molecule has 0 aromatic heterocycles. The van der Waals surface area contributed by atoms with Gasteiger partial charge in [0.15, 0.2) is 0 Å². The van der Waals surface area contributed by atoms with Crippen LogP contribution in [0.1, 0.15) is 0 Å². The summed E-state index contributed by atoms with van der Waals surface area (Å²) in [6.07, 6.45) is 0. The Morgan fingerprint density at radius 2 is 2.12 bits per heavy atom. The van der Waals surface area contributed by atoms with Gasteiger partial charge in [-0.1, -0.05) is 17.7 Å². The molecular weight excluding hydrogens is 269 g/mol. The molecular formula is C10H9ClFNO3S. The molecule has 0 aliphatic rings. The lowest BCUT2D eigenvalue weighted by Gasteiger charge is -2.07. The molecule has 92 valence electrons. The van der Waals surface area contributed by atoms with Crippen LogP contribution >= 0.6 is 23.4 Å². The summed E-state index contributed by atoms with van der Waals surface area (Å²) in [7, 11) is 0. The summed E-state index contributed by atoms with van der Waals surface area (Å²) in [5.74, 6) is -2.39. The van der Waals surface area contributed by atoms with Crippen molar-refractivity contribution in [2.75, 3.05) is 16.8 Å². The van der Waals surface area contributed by atoms with Gasteiger partial charge < -0.3 is 10.4 Å². The van der Waals surface area contributed by atoms with Gasteiger partial charge in [-0.05, 0) is 12.1 Å². The fourth-order valence-corrected chi connectivity index (χ4v) is 1.77. The van der Waals surface area contributed by atoms with E-state index < -0.39 is 17.7 Å². The van der Waals surface area contributed by atoms with Gasteiger partial charge in [-0.15, -0.1) is 11.8 Å². The van der Waals surface area contributed by atoms with Crippen LogP contribution in [0.15, 0.2) is 18.2 Å². The van der Waals surface area contributed by atoms with Gasteiger partial charge in [0.05, 0.1) is 22.2 Å². The molecule has 2 N–H and O–H groups in total. The van der Waals surface area contributed by atoms with Gasteiger partial charge in [0.25, 0.3) is 0 Å². The van der Waals surface area contributed by atoms with Crippen LogP contribution in [0.2, 0.25) is 5.02 Å². The number of aliphatic carboxylic acids is 1. The van der Waals surface area contributed by atoms with Crippen LogP contribution in [0.4, 0.5) is 10.1 Å². The molecule has 0 radical (unpaired) electrons. The van der Waals surface area contributed by atoms with E-state index in [1.165, 1.54) is 18.2 Å². The maximum atomic E-state index is 13.3. The number of thioether (sulfide) groups is 1. The number of rotatable bonds is 5. The van der Waals surface area contributed by atoms with E-state index in [9.17, 15) is 14.0 Å². The first-order valence-corrected chi connectivity index (χ1v) is 6.07. The van der Waals surface area contributed by atoms with E-state index in [1.807, 2.05) is 0 Å². The largest absolute Gasteiger partial charge is 0.481 e. The normalized spacial score (nSPS) is 10.0. The van der Waals surface area contributed by atoms with Gasteiger partial charge in [0.1, 0.15) is 5.82 Å². The molecule has 0 unspecified atom stereocenters. The lowest BCUT2D eigenvalue weighted by molar-refractivity contribution is -0.133. The fraction of sp³-hybridized carbons (Fsp3) is 0.200. The second kappa shape index (κ2) is 6.46. The third kappa shape index (κ3) is 4.62. The fourth-order valence-electron chi connectivity index (χ4n) is 1.02. The highest BCUT2D eigenvalue weighted by atomic mass is 35.5. The van der Waals surface area contributed by atoms with Gasteiger partial charge in [-0.25, -0.2) is 4.39 Å². The third-order valence-corrected chi connectivity index (χ3v) is 2.92. The molecule has 0 spiro atoms. The van der Waals surface area contributed by atoms with Crippen LogP contribution in [-0.4, -0.2) is 28.5 Å². The maximum absolute atomic E-state index is 13.3. The number of anilines is 1. The maximum Gasteiger partial charge on any atom is 0.313 e. The minimum Gasteiger partial charge on any atom is -0.481 e. The zero-order valence-corrected chi connectivity index (χ0v) is 10.1. The molecule has 0 heterocycles. The summed E-state index contributed by atoms with van der Waals surface area (Å²) in [5.41, 5.74) is -0.0879. The molecule has 0 bridgehead atoms.